The maximum absolute atomic E-state index is 13.6. The Labute approximate surface area is 235 Å². The minimum atomic E-state index is -0.681. The van der Waals surface area contributed by atoms with Crippen molar-refractivity contribution in [2.45, 2.75) is 13.3 Å². The largest absolute Gasteiger partial charge is 0.423 e. The molecule has 2 aliphatic rings. The van der Waals surface area contributed by atoms with Gasteiger partial charge in [0.05, 0.1) is 17.4 Å². The number of hydrazine groups is 1. The Morgan fingerprint density at radius 2 is 1.52 bits per heavy atom. The third kappa shape index (κ3) is 5.31. The molecule has 0 unspecified atom stereocenters. The summed E-state index contributed by atoms with van der Waals surface area (Å²) >= 11 is 5.98. The minimum Gasteiger partial charge on any atom is -0.423 e. The number of fused-ring (bicyclic) bond motifs is 1. The number of hydrogen-bond donors (Lipinski definition) is 0. The van der Waals surface area contributed by atoms with E-state index in [0.29, 0.717) is 17.0 Å². The number of ether oxygens (including phenoxy) is 1. The molecule has 0 N–H and O–H groups in total. The number of amides is 3. The van der Waals surface area contributed by atoms with Crippen LogP contribution in [0.2, 0.25) is 5.02 Å². The quantitative estimate of drug-likeness (QED) is 0.133. The SMILES string of the molecule is C[C@@H]1C=CC[C@H]2C(=O)N(N(CC(=O)c3ccc(OC(=O)c4ccccc4)cc3)C(=O)c3ccc(Cl)cc3)C(=O)[C@@H]12. The first-order valence-corrected chi connectivity index (χ1v) is 13.1. The molecule has 5 rings (SSSR count). The molecule has 8 nitrogen and oxygen atoms in total. The molecule has 3 amide bonds. The molecular formula is C31H25ClN2O6. The second kappa shape index (κ2) is 11.3. The molecule has 0 spiro atoms. The fourth-order valence-corrected chi connectivity index (χ4v) is 5.15. The Hall–Kier alpha value is -4.56. The van der Waals surface area contributed by atoms with Gasteiger partial charge in [0.15, 0.2) is 5.78 Å². The molecule has 1 heterocycles. The first-order chi connectivity index (χ1) is 19.2. The molecule has 40 heavy (non-hydrogen) atoms. The zero-order valence-electron chi connectivity index (χ0n) is 21.5. The number of ketones is 1. The molecule has 0 aromatic heterocycles. The molecule has 1 saturated heterocycles. The highest BCUT2D eigenvalue weighted by atomic mass is 35.5. The third-order valence-electron chi connectivity index (χ3n) is 7.11. The summed E-state index contributed by atoms with van der Waals surface area (Å²) in [5.41, 5.74) is 0.756. The lowest BCUT2D eigenvalue weighted by atomic mass is 9.78. The summed E-state index contributed by atoms with van der Waals surface area (Å²) in [6.07, 6.45) is 4.14. The minimum absolute atomic E-state index is 0.169. The van der Waals surface area contributed by atoms with Crippen LogP contribution in [0.1, 0.15) is 44.4 Å². The van der Waals surface area contributed by atoms with E-state index >= 15 is 0 Å². The van der Waals surface area contributed by atoms with Crippen molar-refractivity contribution >= 4 is 41.1 Å². The van der Waals surface area contributed by atoms with Gasteiger partial charge in [0, 0.05) is 16.1 Å². The van der Waals surface area contributed by atoms with E-state index in [0.717, 1.165) is 10.0 Å². The van der Waals surface area contributed by atoms with E-state index in [-0.39, 0.29) is 22.8 Å². The van der Waals surface area contributed by atoms with Gasteiger partial charge in [-0.2, -0.15) is 5.01 Å². The summed E-state index contributed by atoms with van der Waals surface area (Å²) in [4.78, 5) is 66.2. The average Bonchev–Trinajstić information content (AvgIpc) is 3.22. The van der Waals surface area contributed by atoms with Crippen molar-refractivity contribution in [1.82, 2.24) is 10.0 Å². The molecule has 3 aromatic carbocycles. The number of halogens is 1. The molecule has 202 valence electrons. The molecular weight excluding hydrogens is 532 g/mol. The van der Waals surface area contributed by atoms with Crippen LogP contribution in [0.25, 0.3) is 0 Å². The number of rotatable bonds is 7. The highest BCUT2D eigenvalue weighted by molar-refractivity contribution is 6.30. The van der Waals surface area contributed by atoms with Crippen LogP contribution in [-0.4, -0.2) is 46.0 Å². The molecule has 3 aromatic rings. The van der Waals surface area contributed by atoms with Gasteiger partial charge >= 0.3 is 5.97 Å². The van der Waals surface area contributed by atoms with Crippen LogP contribution in [0.15, 0.2) is 91.0 Å². The average molecular weight is 557 g/mol. The van der Waals surface area contributed by atoms with Crippen molar-refractivity contribution in [3.05, 3.63) is 113 Å². The maximum Gasteiger partial charge on any atom is 0.343 e. The highest BCUT2D eigenvalue weighted by Gasteiger charge is 2.53. The van der Waals surface area contributed by atoms with Crippen LogP contribution in [0.5, 0.6) is 5.75 Å². The van der Waals surface area contributed by atoms with Crippen molar-refractivity contribution in [1.29, 1.82) is 0 Å². The van der Waals surface area contributed by atoms with Crippen molar-refractivity contribution < 1.29 is 28.7 Å². The van der Waals surface area contributed by atoms with Crippen LogP contribution >= 0.6 is 11.6 Å². The second-order valence-electron chi connectivity index (χ2n) is 9.72. The van der Waals surface area contributed by atoms with E-state index in [1.54, 1.807) is 30.3 Å². The predicted molar refractivity (Wildman–Crippen MR) is 146 cm³/mol. The Morgan fingerprint density at radius 1 is 0.875 bits per heavy atom. The van der Waals surface area contributed by atoms with Crippen LogP contribution in [0.3, 0.4) is 0 Å². The Balaban J connectivity index is 1.39. The summed E-state index contributed by atoms with van der Waals surface area (Å²) in [5, 5.41) is 2.17. The number of allylic oxidation sites excluding steroid dienone is 2. The third-order valence-corrected chi connectivity index (χ3v) is 7.36. The van der Waals surface area contributed by atoms with E-state index in [4.69, 9.17) is 16.3 Å². The Bertz CT molecular complexity index is 1500. The lowest BCUT2D eigenvalue weighted by Gasteiger charge is -2.30. The van der Waals surface area contributed by atoms with Gasteiger partial charge < -0.3 is 4.74 Å². The van der Waals surface area contributed by atoms with Gasteiger partial charge in [-0.1, -0.05) is 48.9 Å². The molecule has 0 saturated carbocycles. The number of esters is 1. The topological polar surface area (TPSA) is 101 Å². The van der Waals surface area contributed by atoms with Gasteiger partial charge in [-0.25, -0.2) is 9.80 Å². The van der Waals surface area contributed by atoms with Gasteiger partial charge in [0.2, 0.25) is 0 Å². The van der Waals surface area contributed by atoms with Gasteiger partial charge in [-0.05, 0) is 73.0 Å². The second-order valence-corrected chi connectivity index (χ2v) is 10.2. The summed E-state index contributed by atoms with van der Waals surface area (Å²) in [6.45, 7) is 1.30. The number of imide groups is 1. The molecule has 0 radical (unpaired) electrons. The van der Waals surface area contributed by atoms with Gasteiger partial charge in [-0.15, -0.1) is 0 Å². The number of carbonyl (C=O) groups excluding carboxylic acids is 5. The summed E-state index contributed by atoms with van der Waals surface area (Å²) in [5.74, 6) is -3.91. The summed E-state index contributed by atoms with van der Waals surface area (Å²) < 4.78 is 5.37. The molecule has 0 bridgehead atoms. The van der Waals surface area contributed by atoms with Crippen molar-refractivity contribution in [2.75, 3.05) is 6.54 Å². The first-order valence-electron chi connectivity index (χ1n) is 12.8. The fourth-order valence-electron chi connectivity index (χ4n) is 5.02. The van der Waals surface area contributed by atoms with Crippen LogP contribution in [0, 0.1) is 17.8 Å². The van der Waals surface area contributed by atoms with E-state index in [1.807, 2.05) is 19.1 Å². The van der Waals surface area contributed by atoms with Gasteiger partial charge in [0.1, 0.15) is 12.3 Å². The van der Waals surface area contributed by atoms with Crippen molar-refractivity contribution in [3.8, 4) is 5.75 Å². The fraction of sp³-hybridized carbons (Fsp3) is 0.194. The zero-order valence-corrected chi connectivity index (χ0v) is 22.3. The Morgan fingerprint density at radius 3 is 2.17 bits per heavy atom. The number of benzene rings is 3. The highest BCUT2D eigenvalue weighted by Crippen LogP contribution is 2.39. The maximum atomic E-state index is 13.6. The smallest absolute Gasteiger partial charge is 0.343 e. The van der Waals surface area contributed by atoms with Crippen molar-refractivity contribution in [3.63, 3.8) is 0 Å². The molecule has 1 fully saturated rings. The number of carbonyl (C=O) groups is 5. The van der Waals surface area contributed by atoms with E-state index in [1.165, 1.54) is 48.5 Å². The standard InChI is InChI=1S/C31H25ClN2O6/c1-19-6-5-9-25-27(19)30(38)34(29(25)37)33(28(36)21-10-14-23(32)15-11-21)18-26(35)20-12-16-24(17-13-20)40-31(39)22-7-3-2-4-8-22/h2-8,10-17,19,25,27H,9,18H2,1H3/t19-,25-,27+/m1/s1. The molecule has 9 heteroatoms. The van der Waals surface area contributed by atoms with E-state index in [2.05, 4.69) is 0 Å². The number of hydrogen-bond acceptors (Lipinski definition) is 6. The zero-order chi connectivity index (χ0) is 28.4. The molecule has 1 aliphatic carbocycles. The van der Waals surface area contributed by atoms with Gasteiger partial charge in [-0.3, -0.25) is 19.2 Å². The predicted octanol–water partition coefficient (Wildman–Crippen LogP) is 5.00. The number of Topliss-reactive ketones (excluding diaryl/α,β-unsaturated/α-hetero) is 1. The van der Waals surface area contributed by atoms with E-state index < -0.39 is 47.9 Å². The lowest BCUT2D eigenvalue weighted by molar-refractivity contribution is -0.154. The lowest BCUT2D eigenvalue weighted by Crippen LogP contribution is -2.52. The van der Waals surface area contributed by atoms with Crippen LogP contribution in [0.4, 0.5) is 0 Å². The van der Waals surface area contributed by atoms with Crippen LogP contribution < -0.4 is 4.74 Å². The summed E-state index contributed by atoms with van der Waals surface area (Å²) in [6, 6.07) is 20.3. The number of nitrogens with zero attached hydrogens (tertiary/aromatic N) is 2. The summed E-state index contributed by atoms with van der Waals surface area (Å²) in [7, 11) is 0. The Kier molecular flexibility index (Phi) is 7.62. The van der Waals surface area contributed by atoms with Crippen molar-refractivity contribution in [2.24, 2.45) is 17.8 Å². The molecule has 3 atom stereocenters. The first kappa shape index (κ1) is 27.0. The monoisotopic (exact) mass is 556 g/mol. The van der Waals surface area contributed by atoms with E-state index in [9.17, 15) is 24.0 Å². The normalized spacial score (nSPS) is 19.8. The van der Waals surface area contributed by atoms with Gasteiger partial charge in [0.25, 0.3) is 17.7 Å². The van der Waals surface area contributed by atoms with Crippen LogP contribution in [-0.2, 0) is 9.59 Å². The molecule has 1 aliphatic heterocycles.